The van der Waals surface area contributed by atoms with Gasteiger partial charge >= 0.3 is 6.18 Å². The van der Waals surface area contributed by atoms with Gasteiger partial charge in [0.25, 0.3) is 0 Å². The van der Waals surface area contributed by atoms with E-state index in [-0.39, 0.29) is 17.1 Å². The van der Waals surface area contributed by atoms with Gasteiger partial charge in [0.15, 0.2) is 0 Å². The Morgan fingerprint density at radius 1 is 1.38 bits per heavy atom. The van der Waals surface area contributed by atoms with Gasteiger partial charge in [-0.3, -0.25) is 9.88 Å². The average molecular weight is 354 g/mol. The molecule has 0 spiro atoms. The Balaban J connectivity index is 1.95. The third-order valence-electron chi connectivity index (χ3n) is 5.19. The van der Waals surface area contributed by atoms with Crippen LogP contribution in [0, 0.1) is 11.3 Å². The summed E-state index contributed by atoms with van der Waals surface area (Å²) in [6.45, 7) is -0.897. The van der Waals surface area contributed by atoms with Crippen LogP contribution in [0.5, 0.6) is 0 Å². The van der Waals surface area contributed by atoms with Crippen molar-refractivity contribution in [3.63, 3.8) is 0 Å². The number of fused-ring (bicyclic) bond motifs is 2. The van der Waals surface area contributed by atoms with Crippen molar-refractivity contribution >= 4 is 17.2 Å². The molecule has 2 fully saturated rings. The molecule has 1 aromatic rings. The number of nitrogens with two attached hydrogens (primary N) is 1. The molecular formula is C16H17F3N4S. The van der Waals surface area contributed by atoms with E-state index in [1.165, 1.54) is 11.1 Å². The summed E-state index contributed by atoms with van der Waals surface area (Å²) in [6.07, 6.45) is 1.14. The van der Waals surface area contributed by atoms with Crippen molar-refractivity contribution in [3.8, 4) is 6.07 Å². The molecule has 2 aliphatic heterocycles. The normalized spacial score (nSPS) is 30.1. The van der Waals surface area contributed by atoms with Gasteiger partial charge in [0.2, 0.25) is 0 Å². The highest BCUT2D eigenvalue weighted by molar-refractivity contribution is 7.80. The Morgan fingerprint density at radius 2 is 2.00 bits per heavy atom. The van der Waals surface area contributed by atoms with Gasteiger partial charge in [0.05, 0.1) is 17.1 Å². The van der Waals surface area contributed by atoms with Crippen molar-refractivity contribution in [3.05, 3.63) is 29.6 Å². The molecule has 128 valence electrons. The van der Waals surface area contributed by atoms with Gasteiger partial charge in [-0.05, 0) is 37.3 Å². The first kappa shape index (κ1) is 17.1. The molecule has 3 atom stereocenters. The van der Waals surface area contributed by atoms with Crippen LogP contribution in [0.1, 0.15) is 36.8 Å². The SMILES string of the molecule is N#Cc1cncc(C2(C(N)=S)C[C@H]3CC[C@@H](C2)N3CC(F)(F)F)c1. The van der Waals surface area contributed by atoms with Gasteiger partial charge in [-0.15, -0.1) is 0 Å². The molecule has 8 heteroatoms. The molecule has 0 amide bonds. The van der Waals surface area contributed by atoms with Crippen LogP contribution in [0.3, 0.4) is 0 Å². The van der Waals surface area contributed by atoms with E-state index in [0.29, 0.717) is 31.2 Å². The van der Waals surface area contributed by atoms with Crippen LogP contribution in [-0.2, 0) is 5.41 Å². The summed E-state index contributed by atoms with van der Waals surface area (Å²) in [5.41, 5.74) is 6.47. The van der Waals surface area contributed by atoms with Crippen LogP contribution in [0.2, 0.25) is 0 Å². The number of hydrogen-bond donors (Lipinski definition) is 1. The van der Waals surface area contributed by atoms with E-state index in [0.717, 1.165) is 5.56 Å². The zero-order chi connectivity index (χ0) is 17.5. The van der Waals surface area contributed by atoms with Gasteiger partial charge in [-0.2, -0.15) is 18.4 Å². The summed E-state index contributed by atoms with van der Waals surface area (Å²) in [4.78, 5) is 5.88. The van der Waals surface area contributed by atoms with Crippen LogP contribution >= 0.6 is 12.2 Å². The van der Waals surface area contributed by atoms with Crippen LogP contribution in [-0.4, -0.2) is 39.7 Å². The van der Waals surface area contributed by atoms with Gasteiger partial charge in [-0.25, -0.2) is 0 Å². The molecule has 0 aromatic carbocycles. The second kappa shape index (κ2) is 5.97. The quantitative estimate of drug-likeness (QED) is 0.846. The zero-order valence-electron chi connectivity index (χ0n) is 12.9. The third-order valence-corrected chi connectivity index (χ3v) is 5.58. The maximum Gasteiger partial charge on any atom is 0.401 e. The highest BCUT2D eigenvalue weighted by atomic mass is 32.1. The Morgan fingerprint density at radius 3 is 2.50 bits per heavy atom. The number of hydrogen-bond acceptors (Lipinski definition) is 4. The number of halogens is 3. The number of alkyl halides is 3. The maximum absolute atomic E-state index is 12.8. The first-order valence-corrected chi connectivity index (χ1v) is 8.14. The summed E-state index contributed by atoms with van der Waals surface area (Å²) in [5.74, 6) is 0. The number of pyridine rings is 1. The highest BCUT2D eigenvalue weighted by Crippen LogP contribution is 2.48. The molecule has 4 nitrogen and oxygen atoms in total. The minimum absolute atomic E-state index is 0.211. The van der Waals surface area contributed by atoms with Gasteiger partial charge in [-0.1, -0.05) is 12.2 Å². The molecule has 0 aliphatic carbocycles. The van der Waals surface area contributed by atoms with Crippen LogP contribution in [0.25, 0.3) is 0 Å². The molecule has 1 aromatic heterocycles. The molecule has 0 radical (unpaired) electrons. The second-order valence-corrected chi connectivity index (χ2v) is 7.04. The molecular weight excluding hydrogens is 337 g/mol. The third kappa shape index (κ3) is 2.98. The van der Waals surface area contributed by atoms with Crippen LogP contribution in [0.15, 0.2) is 18.5 Å². The molecule has 2 N–H and O–H groups in total. The molecule has 3 rings (SSSR count). The van der Waals surface area contributed by atoms with Crippen molar-refractivity contribution in [2.24, 2.45) is 5.73 Å². The van der Waals surface area contributed by atoms with Crippen molar-refractivity contribution in [1.82, 2.24) is 9.88 Å². The first-order chi connectivity index (χ1) is 11.2. The zero-order valence-corrected chi connectivity index (χ0v) is 13.7. The van der Waals surface area contributed by atoms with E-state index < -0.39 is 18.1 Å². The largest absolute Gasteiger partial charge is 0.401 e. The average Bonchev–Trinajstić information content (AvgIpc) is 2.75. The van der Waals surface area contributed by atoms with E-state index >= 15 is 0 Å². The topological polar surface area (TPSA) is 65.9 Å². The van der Waals surface area contributed by atoms with E-state index in [4.69, 9.17) is 23.2 Å². The number of piperidine rings is 1. The van der Waals surface area contributed by atoms with Gasteiger partial charge < -0.3 is 5.73 Å². The lowest BCUT2D eigenvalue weighted by molar-refractivity contribution is -0.156. The number of nitriles is 1. The van der Waals surface area contributed by atoms with Crippen molar-refractivity contribution in [2.45, 2.75) is 49.4 Å². The fraction of sp³-hybridized carbons (Fsp3) is 0.562. The van der Waals surface area contributed by atoms with Gasteiger partial charge in [0.1, 0.15) is 6.07 Å². The summed E-state index contributed by atoms with van der Waals surface area (Å²) in [6, 6.07) is 3.31. The summed E-state index contributed by atoms with van der Waals surface area (Å²) in [7, 11) is 0. The molecule has 0 saturated carbocycles. The number of thiocarbonyl (C=S) groups is 1. The minimum Gasteiger partial charge on any atom is -0.393 e. The number of nitrogens with zero attached hydrogens (tertiary/aromatic N) is 3. The first-order valence-electron chi connectivity index (χ1n) is 7.73. The number of rotatable bonds is 3. The number of aromatic nitrogens is 1. The Hall–Kier alpha value is -1.72. The fourth-order valence-electron chi connectivity index (χ4n) is 4.15. The van der Waals surface area contributed by atoms with E-state index in [1.807, 2.05) is 6.07 Å². The highest BCUT2D eigenvalue weighted by Gasteiger charge is 2.52. The lowest BCUT2D eigenvalue weighted by Gasteiger charge is -2.46. The molecule has 1 unspecified atom stereocenters. The van der Waals surface area contributed by atoms with Crippen molar-refractivity contribution in [2.75, 3.05) is 6.54 Å². The van der Waals surface area contributed by atoms with E-state index in [9.17, 15) is 13.2 Å². The standard InChI is InChI=1S/C16H17F3N4S/c17-16(18,19)9-23-12-1-2-13(23)5-15(4-12,14(21)24)11-3-10(6-20)7-22-8-11/h3,7-8,12-13H,1-2,4-5,9H2,(H2,21,24)/t12-,13+,15?. The van der Waals surface area contributed by atoms with Gasteiger partial charge in [0, 0.05) is 29.9 Å². The maximum atomic E-state index is 12.8. The monoisotopic (exact) mass is 354 g/mol. The molecule has 2 saturated heterocycles. The predicted octanol–water partition coefficient (Wildman–Crippen LogP) is 2.67. The molecule has 24 heavy (non-hydrogen) atoms. The molecule has 3 heterocycles. The van der Waals surface area contributed by atoms with Crippen molar-refractivity contribution in [1.29, 1.82) is 5.26 Å². The lowest BCUT2D eigenvalue weighted by atomic mass is 9.70. The summed E-state index contributed by atoms with van der Waals surface area (Å²) < 4.78 is 38.5. The summed E-state index contributed by atoms with van der Waals surface area (Å²) >= 11 is 5.30. The van der Waals surface area contributed by atoms with Crippen LogP contribution in [0.4, 0.5) is 13.2 Å². The minimum atomic E-state index is -4.22. The van der Waals surface area contributed by atoms with Crippen molar-refractivity contribution < 1.29 is 13.2 Å². The summed E-state index contributed by atoms with van der Waals surface area (Å²) in [5, 5.41) is 9.08. The Bertz CT molecular complexity index is 683. The van der Waals surface area contributed by atoms with E-state index in [1.54, 1.807) is 12.3 Å². The second-order valence-electron chi connectivity index (χ2n) is 6.60. The molecule has 2 aliphatic rings. The molecule has 2 bridgehead atoms. The Kier molecular flexibility index (Phi) is 4.26. The predicted molar refractivity (Wildman–Crippen MR) is 86.2 cm³/mol. The Labute approximate surface area is 143 Å². The lowest BCUT2D eigenvalue weighted by Crippen LogP contribution is -2.56. The smallest absolute Gasteiger partial charge is 0.393 e. The van der Waals surface area contributed by atoms with Crippen LogP contribution < -0.4 is 5.73 Å². The van der Waals surface area contributed by atoms with E-state index in [2.05, 4.69) is 4.98 Å². The fourth-order valence-corrected chi connectivity index (χ4v) is 4.43.